The Hall–Kier alpha value is -0.570. The zero-order valence-corrected chi connectivity index (χ0v) is 8.82. The fourth-order valence-corrected chi connectivity index (χ4v) is 3.05. The van der Waals surface area contributed by atoms with Crippen LogP contribution >= 0.6 is 11.6 Å². The molecule has 0 amide bonds. The SMILES string of the molecule is ClCc1nncn1C1CCCC2CC21. The molecule has 0 radical (unpaired) electrons. The molecule has 2 aliphatic rings. The Bertz CT molecular complexity index is 336. The van der Waals surface area contributed by atoms with Gasteiger partial charge in [0.2, 0.25) is 0 Å². The van der Waals surface area contributed by atoms with Crippen molar-refractivity contribution in [3.8, 4) is 0 Å². The molecule has 2 saturated carbocycles. The first-order chi connectivity index (χ1) is 6.90. The van der Waals surface area contributed by atoms with E-state index < -0.39 is 0 Å². The van der Waals surface area contributed by atoms with E-state index >= 15 is 0 Å². The van der Waals surface area contributed by atoms with Crippen molar-refractivity contribution in [1.29, 1.82) is 0 Å². The zero-order valence-electron chi connectivity index (χ0n) is 8.06. The van der Waals surface area contributed by atoms with Gasteiger partial charge in [0.15, 0.2) is 0 Å². The summed E-state index contributed by atoms with van der Waals surface area (Å²) in [6.07, 6.45) is 7.32. The number of alkyl halides is 1. The van der Waals surface area contributed by atoms with E-state index in [4.69, 9.17) is 11.6 Å². The van der Waals surface area contributed by atoms with E-state index in [0.29, 0.717) is 11.9 Å². The van der Waals surface area contributed by atoms with E-state index in [0.717, 1.165) is 17.7 Å². The zero-order chi connectivity index (χ0) is 9.54. The molecule has 0 N–H and O–H groups in total. The molecule has 0 aliphatic heterocycles. The van der Waals surface area contributed by atoms with E-state index in [1.807, 2.05) is 6.33 Å². The summed E-state index contributed by atoms with van der Waals surface area (Å²) >= 11 is 5.83. The average Bonchev–Trinajstić information content (AvgIpc) is 2.86. The monoisotopic (exact) mass is 211 g/mol. The molecule has 2 fully saturated rings. The van der Waals surface area contributed by atoms with Gasteiger partial charge in [0.05, 0.1) is 5.88 Å². The second-order valence-corrected chi connectivity index (χ2v) is 4.71. The van der Waals surface area contributed by atoms with Crippen LogP contribution in [-0.4, -0.2) is 14.8 Å². The number of hydrogen-bond acceptors (Lipinski definition) is 2. The maximum absolute atomic E-state index is 5.83. The third-order valence-corrected chi connectivity index (χ3v) is 3.91. The van der Waals surface area contributed by atoms with Crippen LogP contribution in [0.2, 0.25) is 0 Å². The lowest BCUT2D eigenvalue weighted by Crippen LogP contribution is -2.17. The second-order valence-electron chi connectivity index (χ2n) is 4.45. The van der Waals surface area contributed by atoms with Gasteiger partial charge in [-0.25, -0.2) is 0 Å². The highest BCUT2D eigenvalue weighted by Gasteiger charge is 2.46. The van der Waals surface area contributed by atoms with Crippen molar-refractivity contribution in [3.05, 3.63) is 12.2 Å². The minimum atomic E-state index is 0.480. The summed E-state index contributed by atoms with van der Waals surface area (Å²) in [5.74, 6) is 3.29. The first-order valence-electron chi connectivity index (χ1n) is 5.34. The molecule has 0 spiro atoms. The van der Waals surface area contributed by atoms with Crippen LogP contribution in [0.1, 0.15) is 37.5 Å². The Labute approximate surface area is 88.5 Å². The maximum atomic E-state index is 5.83. The maximum Gasteiger partial charge on any atom is 0.148 e. The molecule has 3 unspecified atom stereocenters. The molecular formula is C10H14ClN3. The molecule has 4 heteroatoms. The van der Waals surface area contributed by atoms with Crippen LogP contribution in [0.4, 0.5) is 0 Å². The van der Waals surface area contributed by atoms with E-state index in [1.54, 1.807) is 0 Å². The Morgan fingerprint density at radius 2 is 2.43 bits per heavy atom. The predicted octanol–water partition coefficient (Wildman–Crippen LogP) is 2.38. The lowest BCUT2D eigenvalue weighted by molar-refractivity contribution is 0.326. The average molecular weight is 212 g/mol. The minimum absolute atomic E-state index is 0.480. The van der Waals surface area contributed by atoms with Crippen LogP contribution in [0.15, 0.2) is 6.33 Å². The van der Waals surface area contributed by atoms with Crippen LogP contribution in [0.25, 0.3) is 0 Å². The van der Waals surface area contributed by atoms with Gasteiger partial charge < -0.3 is 4.57 Å². The summed E-state index contributed by atoms with van der Waals surface area (Å²) in [6.45, 7) is 0. The lowest BCUT2D eigenvalue weighted by atomic mass is 9.95. The molecule has 1 aromatic heterocycles. The van der Waals surface area contributed by atoms with Gasteiger partial charge in [0.25, 0.3) is 0 Å². The number of rotatable bonds is 2. The molecule has 0 saturated heterocycles. The summed E-state index contributed by atoms with van der Waals surface area (Å²) in [6, 6.07) is 0.637. The van der Waals surface area contributed by atoms with Crippen LogP contribution in [-0.2, 0) is 5.88 Å². The highest BCUT2D eigenvalue weighted by Crippen LogP contribution is 2.54. The van der Waals surface area contributed by atoms with Crippen molar-refractivity contribution in [1.82, 2.24) is 14.8 Å². The predicted molar refractivity (Wildman–Crippen MR) is 54.1 cm³/mol. The standard InChI is InChI=1S/C10H14ClN3/c11-5-10-13-12-6-14(10)9-3-1-2-7-4-8(7)9/h6-9H,1-5H2. The highest BCUT2D eigenvalue weighted by molar-refractivity contribution is 6.16. The molecule has 76 valence electrons. The first-order valence-corrected chi connectivity index (χ1v) is 5.88. The van der Waals surface area contributed by atoms with Crippen molar-refractivity contribution in [3.63, 3.8) is 0 Å². The van der Waals surface area contributed by atoms with Crippen molar-refractivity contribution in [2.75, 3.05) is 0 Å². The normalized spacial score (nSPS) is 35.4. The van der Waals surface area contributed by atoms with E-state index in [-0.39, 0.29) is 0 Å². The van der Waals surface area contributed by atoms with E-state index in [2.05, 4.69) is 14.8 Å². The smallest absolute Gasteiger partial charge is 0.148 e. The molecule has 0 aromatic carbocycles. The highest BCUT2D eigenvalue weighted by atomic mass is 35.5. The van der Waals surface area contributed by atoms with Gasteiger partial charge in [0, 0.05) is 6.04 Å². The minimum Gasteiger partial charge on any atom is -0.313 e. The summed E-state index contributed by atoms with van der Waals surface area (Å²) in [4.78, 5) is 0. The molecule has 3 nitrogen and oxygen atoms in total. The molecule has 1 aromatic rings. The topological polar surface area (TPSA) is 30.7 Å². The third-order valence-electron chi connectivity index (χ3n) is 3.67. The number of nitrogens with zero attached hydrogens (tertiary/aromatic N) is 3. The van der Waals surface area contributed by atoms with Gasteiger partial charge in [-0.05, 0) is 24.7 Å². The van der Waals surface area contributed by atoms with E-state index in [1.165, 1.54) is 25.7 Å². The summed E-state index contributed by atoms with van der Waals surface area (Å²) in [5.41, 5.74) is 0. The fraction of sp³-hybridized carbons (Fsp3) is 0.800. The number of hydrogen-bond donors (Lipinski definition) is 0. The van der Waals surface area contributed by atoms with Crippen molar-refractivity contribution in [2.45, 2.75) is 37.6 Å². The summed E-state index contributed by atoms with van der Waals surface area (Å²) < 4.78 is 2.21. The molecule has 3 rings (SSSR count). The van der Waals surface area contributed by atoms with Crippen molar-refractivity contribution < 1.29 is 0 Å². The molecular weight excluding hydrogens is 198 g/mol. The quantitative estimate of drug-likeness (QED) is 0.704. The molecule has 2 aliphatic carbocycles. The largest absolute Gasteiger partial charge is 0.313 e. The van der Waals surface area contributed by atoms with Crippen molar-refractivity contribution in [2.24, 2.45) is 11.8 Å². The summed E-state index contributed by atoms with van der Waals surface area (Å²) in [5, 5.41) is 7.99. The van der Waals surface area contributed by atoms with Gasteiger partial charge in [-0.1, -0.05) is 12.8 Å². The Morgan fingerprint density at radius 1 is 1.50 bits per heavy atom. The third kappa shape index (κ3) is 1.26. The molecule has 0 bridgehead atoms. The number of aromatic nitrogens is 3. The molecule has 1 heterocycles. The Balaban J connectivity index is 1.87. The van der Waals surface area contributed by atoms with Gasteiger partial charge in [-0.2, -0.15) is 0 Å². The number of halogens is 1. The van der Waals surface area contributed by atoms with Crippen LogP contribution in [0.3, 0.4) is 0 Å². The lowest BCUT2D eigenvalue weighted by Gasteiger charge is -2.23. The second kappa shape index (κ2) is 3.23. The molecule has 3 atom stereocenters. The van der Waals surface area contributed by atoms with Crippen LogP contribution in [0, 0.1) is 11.8 Å². The van der Waals surface area contributed by atoms with Crippen molar-refractivity contribution >= 4 is 11.6 Å². The number of fused-ring (bicyclic) bond motifs is 1. The summed E-state index contributed by atoms with van der Waals surface area (Å²) in [7, 11) is 0. The van der Waals surface area contributed by atoms with Crippen LogP contribution in [0.5, 0.6) is 0 Å². The van der Waals surface area contributed by atoms with Crippen LogP contribution < -0.4 is 0 Å². The molecule has 14 heavy (non-hydrogen) atoms. The van der Waals surface area contributed by atoms with Gasteiger partial charge in [-0.15, -0.1) is 21.8 Å². The van der Waals surface area contributed by atoms with Gasteiger partial charge >= 0.3 is 0 Å². The van der Waals surface area contributed by atoms with Gasteiger partial charge in [-0.3, -0.25) is 0 Å². The first kappa shape index (κ1) is 8.72. The Morgan fingerprint density at radius 3 is 3.29 bits per heavy atom. The Kier molecular flexibility index (Phi) is 2.01. The fourth-order valence-electron chi connectivity index (χ4n) is 2.86. The van der Waals surface area contributed by atoms with Gasteiger partial charge in [0.1, 0.15) is 12.2 Å². The van der Waals surface area contributed by atoms with E-state index in [9.17, 15) is 0 Å².